The summed E-state index contributed by atoms with van der Waals surface area (Å²) in [5.41, 5.74) is 0.694. The van der Waals surface area contributed by atoms with Crippen LogP contribution in [0, 0.1) is 5.41 Å². The summed E-state index contributed by atoms with van der Waals surface area (Å²) in [6.45, 7) is 6.37. The van der Waals surface area contributed by atoms with Crippen molar-refractivity contribution in [2.45, 2.75) is 40.2 Å². The van der Waals surface area contributed by atoms with E-state index < -0.39 is 0 Å². The molecule has 0 saturated heterocycles. The van der Waals surface area contributed by atoms with E-state index in [1.807, 2.05) is 51.1 Å². The van der Waals surface area contributed by atoms with Crippen molar-refractivity contribution < 1.29 is 9.53 Å². The van der Waals surface area contributed by atoms with Crippen LogP contribution in [0.25, 0.3) is 0 Å². The number of benzene rings is 1. The standard InChI is InChI=1S/C14H20O2/c1-4-14(3,5-2)13(15)16-11-12-9-7-6-8-10-12/h6-10H,4-5,11H2,1-3H3. The molecule has 0 amide bonds. The number of carbonyl (C=O) groups is 1. The number of hydrogen-bond donors (Lipinski definition) is 0. The molecule has 88 valence electrons. The quantitative estimate of drug-likeness (QED) is 0.709. The van der Waals surface area contributed by atoms with Gasteiger partial charge in [-0.2, -0.15) is 0 Å². The van der Waals surface area contributed by atoms with Crippen molar-refractivity contribution in [3.8, 4) is 0 Å². The first-order chi connectivity index (χ1) is 7.62. The molecule has 0 unspecified atom stereocenters. The fourth-order valence-corrected chi connectivity index (χ4v) is 1.44. The Morgan fingerprint density at radius 2 is 1.75 bits per heavy atom. The van der Waals surface area contributed by atoms with Gasteiger partial charge in [0.2, 0.25) is 0 Å². The summed E-state index contributed by atoms with van der Waals surface area (Å²) in [7, 11) is 0. The van der Waals surface area contributed by atoms with Gasteiger partial charge in [0, 0.05) is 0 Å². The molecule has 0 radical (unpaired) electrons. The topological polar surface area (TPSA) is 26.3 Å². The minimum Gasteiger partial charge on any atom is -0.460 e. The molecule has 0 heterocycles. The van der Waals surface area contributed by atoms with Gasteiger partial charge in [0.05, 0.1) is 5.41 Å². The van der Waals surface area contributed by atoms with Gasteiger partial charge in [-0.3, -0.25) is 4.79 Å². The normalized spacial score (nSPS) is 11.2. The zero-order valence-corrected chi connectivity index (χ0v) is 10.3. The van der Waals surface area contributed by atoms with Gasteiger partial charge in [-0.15, -0.1) is 0 Å². The fraction of sp³-hybridized carbons (Fsp3) is 0.500. The number of carbonyl (C=O) groups excluding carboxylic acids is 1. The van der Waals surface area contributed by atoms with E-state index in [0.29, 0.717) is 6.61 Å². The molecule has 0 bridgehead atoms. The Bertz CT molecular complexity index is 326. The summed E-state index contributed by atoms with van der Waals surface area (Å²) in [4.78, 5) is 11.9. The van der Waals surface area contributed by atoms with E-state index in [9.17, 15) is 4.79 Å². The van der Waals surface area contributed by atoms with Crippen LogP contribution in [-0.2, 0) is 16.1 Å². The van der Waals surface area contributed by atoms with E-state index in [1.54, 1.807) is 0 Å². The maximum Gasteiger partial charge on any atom is 0.312 e. The Morgan fingerprint density at radius 3 is 2.25 bits per heavy atom. The number of rotatable bonds is 5. The van der Waals surface area contributed by atoms with Crippen molar-refractivity contribution in [1.29, 1.82) is 0 Å². The molecule has 16 heavy (non-hydrogen) atoms. The largest absolute Gasteiger partial charge is 0.460 e. The molecule has 1 aromatic rings. The lowest BCUT2D eigenvalue weighted by Crippen LogP contribution is -2.28. The predicted molar refractivity (Wildman–Crippen MR) is 64.9 cm³/mol. The molecule has 0 aliphatic carbocycles. The highest BCUT2D eigenvalue weighted by Gasteiger charge is 2.30. The van der Waals surface area contributed by atoms with Crippen LogP contribution in [0.1, 0.15) is 39.2 Å². The second-order valence-corrected chi connectivity index (χ2v) is 4.33. The van der Waals surface area contributed by atoms with Crippen LogP contribution in [0.15, 0.2) is 30.3 Å². The molecule has 0 atom stereocenters. The van der Waals surface area contributed by atoms with E-state index in [2.05, 4.69) is 0 Å². The predicted octanol–water partition coefficient (Wildman–Crippen LogP) is 3.56. The summed E-state index contributed by atoms with van der Waals surface area (Å²) in [6.07, 6.45) is 1.63. The maximum absolute atomic E-state index is 11.9. The molecule has 1 rings (SSSR count). The molecule has 0 spiro atoms. The first-order valence-corrected chi connectivity index (χ1v) is 5.83. The highest BCUT2D eigenvalue weighted by Crippen LogP contribution is 2.27. The van der Waals surface area contributed by atoms with E-state index in [1.165, 1.54) is 0 Å². The molecule has 0 aliphatic rings. The van der Waals surface area contributed by atoms with Crippen molar-refractivity contribution in [2.75, 3.05) is 0 Å². The smallest absolute Gasteiger partial charge is 0.312 e. The average Bonchev–Trinajstić information content (AvgIpc) is 2.36. The van der Waals surface area contributed by atoms with Gasteiger partial charge in [0.15, 0.2) is 0 Å². The molecule has 0 fully saturated rings. The minimum absolute atomic E-state index is 0.0960. The van der Waals surface area contributed by atoms with Crippen molar-refractivity contribution >= 4 is 5.97 Å². The van der Waals surface area contributed by atoms with E-state index in [-0.39, 0.29) is 11.4 Å². The monoisotopic (exact) mass is 220 g/mol. The molecular formula is C14H20O2. The molecular weight excluding hydrogens is 200 g/mol. The second-order valence-electron chi connectivity index (χ2n) is 4.33. The molecule has 0 aliphatic heterocycles. The van der Waals surface area contributed by atoms with Crippen LogP contribution < -0.4 is 0 Å². The highest BCUT2D eigenvalue weighted by molar-refractivity contribution is 5.76. The summed E-state index contributed by atoms with van der Waals surface area (Å²) in [5, 5.41) is 0. The minimum atomic E-state index is -0.339. The summed E-state index contributed by atoms with van der Waals surface area (Å²) >= 11 is 0. The Morgan fingerprint density at radius 1 is 1.19 bits per heavy atom. The average molecular weight is 220 g/mol. The number of hydrogen-bond acceptors (Lipinski definition) is 2. The third kappa shape index (κ3) is 3.09. The lowest BCUT2D eigenvalue weighted by molar-refractivity contribution is -0.156. The van der Waals surface area contributed by atoms with E-state index in [0.717, 1.165) is 18.4 Å². The zero-order valence-electron chi connectivity index (χ0n) is 10.3. The van der Waals surface area contributed by atoms with Crippen molar-refractivity contribution in [1.82, 2.24) is 0 Å². The van der Waals surface area contributed by atoms with Crippen LogP contribution in [0.3, 0.4) is 0 Å². The molecule has 1 aromatic carbocycles. The Hall–Kier alpha value is -1.31. The van der Waals surface area contributed by atoms with E-state index in [4.69, 9.17) is 4.74 Å². The van der Waals surface area contributed by atoms with Gasteiger partial charge in [-0.05, 0) is 25.3 Å². The van der Waals surface area contributed by atoms with Gasteiger partial charge >= 0.3 is 5.97 Å². The van der Waals surface area contributed by atoms with Gasteiger partial charge < -0.3 is 4.74 Å². The van der Waals surface area contributed by atoms with Crippen molar-refractivity contribution in [2.24, 2.45) is 5.41 Å². The van der Waals surface area contributed by atoms with Gasteiger partial charge in [0.1, 0.15) is 6.61 Å². The molecule has 2 nitrogen and oxygen atoms in total. The number of esters is 1. The van der Waals surface area contributed by atoms with Crippen LogP contribution in [0.5, 0.6) is 0 Å². The lowest BCUT2D eigenvalue weighted by atomic mass is 9.85. The first-order valence-electron chi connectivity index (χ1n) is 5.83. The summed E-state index contributed by atoms with van der Waals surface area (Å²) in [5.74, 6) is -0.0960. The number of ether oxygens (including phenoxy) is 1. The van der Waals surface area contributed by atoms with Crippen LogP contribution >= 0.6 is 0 Å². The summed E-state index contributed by atoms with van der Waals surface area (Å²) in [6, 6.07) is 9.77. The zero-order chi connectivity index (χ0) is 12.0. The van der Waals surface area contributed by atoms with Crippen LogP contribution in [0.2, 0.25) is 0 Å². The van der Waals surface area contributed by atoms with Gasteiger partial charge in [0.25, 0.3) is 0 Å². The van der Waals surface area contributed by atoms with Crippen LogP contribution in [-0.4, -0.2) is 5.97 Å². The second kappa shape index (κ2) is 5.69. The lowest BCUT2D eigenvalue weighted by Gasteiger charge is -2.23. The summed E-state index contributed by atoms with van der Waals surface area (Å²) < 4.78 is 5.34. The molecule has 0 aromatic heterocycles. The highest BCUT2D eigenvalue weighted by atomic mass is 16.5. The third-order valence-electron chi connectivity index (χ3n) is 3.27. The van der Waals surface area contributed by atoms with E-state index >= 15 is 0 Å². The molecule has 2 heteroatoms. The van der Waals surface area contributed by atoms with Crippen LogP contribution in [0.4, 0.5) is 0 Å². The molecule has 0 N–H and O–H groups in total. The van der Waals surface area contributed by atoms with Crippen molar-refractivity contribution in [3.63, 3.8) is 0 Å². The van der Waals surface area contributed by atoms with Gasteiger partial charge in [-0.1, -0.05) is 44.2 Å². The van der Waals surface area contributed by atoms with Gasteiger partial charge in [-0.25, -0.2) is 0 Å². The Balaban J connectivity index is 2.53. The fourth-order valence-electron chi connectivity index (χ4n) is 1.44. The Kier molecular flexibility index (Phi) is 4.53. The van der Waals surface area contributed by atoms with Crippen molar-refractivity contribution in [3.05, 3.63) is 35.9 Å². The SMILES string of the molecule is CCC(C)(CC)C(=O)OCc1ccccc1. The maximum atomic E-state index is 11.9. The molecule has 0 saturated carbocycles. The third-order valence-corrected chi connectivity index (χ3v) is 3.27. The first kappa shape index (κ1) is 12.8. The Labute approximate surface area is 97.6 Å².